The zero-order chi connectivity index (χ0) is 19.0. The van der Waals surface area contributed by atoms with E-state index in [0.29, 0.717) is 30.1 Å². The highest BCUT2D eigenvalue weighted by Gasteiger charge is 2.63. The molecule has 0 radical (unpaired) electrons. The average Bonchev–Trinajstić information content (AvgIpc) is 3.20. The molecule has 27 heavy (non-hydrogen) atoms. The monoisotopic (exact) mass is 376 g/mol. The lowest BCUT2D eigenvalue weighted by molar-refractivity contribution is -0.215. The number of fused-ring (bicyclic) bond motifs is 5. The van der Waals surface area contributed by atoms with Crippen molar-refractivity contribution in [1.82, 2.24) is 0 Å². The number of aliphatic hydroxyl groups excluding tert-OH is 2. The quantitative estimate of drug-likeness (QED) is 0.686. The smallest absolute Gasteiger partial charge is 0.169 e. The van der Waals surface area contributed by atoms with E-state index in [1.165, 1.54) is 31.3 Å². The van der Waals surface area contributed by atoms with Gasteiger partial charge in [0.2, 0.25) is 0 Å². The predicted molar refractivity (Wildman–Crippen MR) is 103 cm³/mol. The molecule has 4 aliphatic carbocycles. The predicted octanol–water partition coefficient (Wildman–Crippen LogP) is 3.66. The summed E-state index contributed by atoms with van der Waals surface area (Å²) >= 11 is 0. The first-order chi connectivity index (χ1) is 12.8. The maximum Gasteiger partial charge on any atom is 0.169 e. The molecule has 0 bridgehead atoms. The van der Waals surface area contributed by atoms with E-state index in [1.807, 2.05) is 0 Å². The second kappa shape index (κ2) is 6.04. The minimum Gasteiger partial charge on any atom is -0.393 e. The number of ether oxygens (including phenoxy) is 2. The Morgan fingerprint density at radius 1 is 1.00 bits per heavy atom. The first-order valence-corrected chi connectivity index (χ1v) is 11.1. The molecule has 0 aromatic carbocycles. The van der Waals surface area contributed by atoms with Gasteiger partial charge in [0.15, 0.2) is 5.79 Å². The summed E-state index contributed by atoms with van der Waals surface area (Å²) in [7, 11) is 0. The molecule has 0 amide bonds. The molecule has 1 saturated heterocycles. The maximum atomic E-state index is 11.0. The van der Waals surface area contributed by atoms with Crippen molar-refractivity contribution in [3.63, 3.8) is 0 Å². The lowest BCUT2D eigenvalue weighted by atomic mass is 9.46. The molecular formula is C23H36O4. The molecule has 152 valence electrons. The Hall–Kier alpha value is -0.420. The third kappa shape index (κ3) is 2.43. The second-order valence-electron chi connectivity index (χ2n) is 10.6. The Labute approximate surface area is 163 Å². The summed E-state index contributed by atoms with van der Waals surface area (Å²) in [4.78, 5) is 0. The van der Waals surface area contributed by atoms with Crippen LogP contribution in [-0.4, -0.2) is 41.4 Å². The molecule has 2 N–H and O–H groups in total. The molecule has 8 atom stereocenters. The molecular weight excluding hydrogens is 340 g/mol. The molecule has 1 aliphatic heterocycles. The lowest BCUT2D eigenvalue weighted by Crippen LogP contribution is -2.56. The van der Waals surface area contributed by atoms with Crippen LogP contribution < -0.4 is 0 Å². The molecule has 1 heterocycles. The summed E-state index contributed by atoms with van der Waals surface area (Å²) in [5.74, 6) is 1.91. The van der Waals surface area contributed by atoms with E-state index in [9.17, 15) is 10.2 Å². The third-order valence-corrected chi connectivity index (χ3v) is 9.67. The zero-order valence-electron chi connectivity index (χ0n) is 17.1. The van der Waals surface area contributed by atoms with Gasteiger partial charge in [0.05, 0.1) is 25.4 Å². The minimum absolute atomic E-state index is 0.147. The van der Waals surface area contributed by atoms with Gasteiger partial charge in [0.1, 0.15) is 0 Å². The van der Waals surface area contributed by atoms with Crippen LogP contribution in [0.2, 0.25) is 0 Å². The highest BCUT2D eigenvalue weighted by Crippen LogP contribution is 2.68. The van der Waals surface area contributed by atoms with Crippen molar-refractivity contribution in [1.29, 1.82) is 0 Å². The van der Waals surface area contributed by atoms with Gasteiger partial charge < -0.3 is 19.7 Å². The molecule has 0 unspecified atom stereocenters. The van der Waals surface area contributed by atoms with Gasteiger partial charge in [-0.05, 0) is 68.6 Å². The van der Waals surface area contributed by atoms with Gasteiger partial charge >= 0.3 is 0 Å². The van der Waals surface area contributed by atoms with E-state index in [4.69, 9.17) is 9.47 Å². The molecule has 5 rings (SSSR count). The Morgan fingerprint density at radius 2 is 1.74 bits per heavy atom. The fourth-order valence-corrected chi connectivity index (χ4v) is 8.29. The van der Waals surface area contributed by atoms with E-state index in [2.05, 4.69) is 26.8 Å². The molecule has 5 aliphatic rings. The summed E-state index contributed by atoms with van der Waals surface area (Å²) in [5, 5.41) is 21.2. The van der Waals surface area contributed by atoms with Crippen molar-refractivity contribution in [2.45, 2.75) is 83.7 Å². The summed E-state index contributed by atoms with van der Waals surface area (Å²) in [6.45, 7) is 8.38. The topological polar surface area (TPSA) is 58.9 Å². The highest BCUT2D eigenvalue weighted by molar-refractivity contribution is 5.27. The third-order valence-electron chi connectivity index (χ3n) is 9.67. The number of allylic oxidation sites excluding steroid dienone is 1. The molecule has 4 nitrogen and oxygen atoms in total. The van der Waals surface area contributed by atoms with Crippen LogP contribution in [0, 0.1) is 34.5 Å². The van der Waals surface area contributed by atoms with Crippen LogP contribution in [0.25, 0.3) is 0 Å². The standard InChI is InChI=1S/C23H36O4/c1-21-9-8-18-16(5-4-14-12-15(24)13-20(25)22(14,18)2)17(21)6-7-19(21)23(3)26-10-11-27-23/h4,15-20,24-25H,5-13H2,1-3H3/t15-,16+,17+,18+,19+,20+,21+,22+/m1/s1. The summed E-state index contributed by atoms with van der Waals surface area (Å²) in [6.07, 6.45) is 8.80. The van der Waals surface area contributed by atoms with Crippen LogP contribution >= 0.6 is 0 Å². The first kappa shape index (κ1) is 18.6. The molecule has 0 aromatic heterocycles. The minimum atomic E-state index is -0.416. The lowest BCUT2D eigenvalue weighted by Gasteiger charge is -2.59. The van der Waals surface area contributed by atoms with Crippen molar-refractivity contribution in [3.05, 3.63) is 11.6 Å². The van der Waals surface area contributed by atoms with Gasteiger partial charge in [-0.2, -0.15) is 0 Å². The van der Waals surface area contributed by atoms with Gasteiger partial charge in [0.25, 0.3) is 0 Å². The van der Waals surface area contributed by atoms with Crippen molar-refractivity contribution in [2.75, 3.05) is 13.2 Å². The maximum absolute atomic E-state index is 11.0. The second-order valence-corrected chi connectivity index (χ2v) is 10.6. The number of rotatable bonds is 1. The van der Waals surface area contributed by atoms with E-state index in [-0.39, 0.29) is 16.9 Å². The molecule has 4 fully saturated rings. The number of aliphatic hydroxyl groups is 2. The van der Waals surface area contributed by atoms with Gasteiger partial charge in [-0.1, -0.05) is 25.5 Å². The Kier molecular flexibility index (Phi) is 4.16. The van der Waals surface area contributed by atoms with Crippen LogP contribution in [0.3, 0.4) is 0 Å². The van der Waals surface area contributed by atoms with Crippen molar-refractivity contribution >= 4 is 0 Å². The van der Waals surface area contributed by atoms with Crippen LogP contribution in [0.15, 0.2) is 11.6 Å². The summed E-state index contributed by atoms with van der Waals surface area (Å²) < 4.78 is 12.2. The first-order valence-electron chi connectivity index (χ1n) is 11.1. The highest BCUT2D eigenvalue weighted by atomic mass is 16.7. The van der Waals surface area contributed by atoms with E-state index in [1.54, 1.807) is 0 Å². The van der Waals surface area contributed by atoms with Gasteiger partial charge in [0, 0.05) is 17.8 Å². The fourth-order valence-electron chi connectivity index (χ4n) is 8.29. The van der Waals surface area contributed by atoms with Crippen LogP contribution in [-0.2, 0) is 9.47 Å². The SMILES string of the molecule is CC1([C@H]2CC[C@H]3[C@@H]4CC=C5C[C@@H](O)C[C@H](O)[C@]5(C)[C@H]4CC[C@]23C)OCCO1. The zero-order valence-corrected chi connectivity index (χ0v) is 17.1. The van der Waals surface area contributed by atoms with E-state index in [0.717, 1.165) is 26.1 Å². The Balaban J connectivity index is 1.47. The van der Waals surface area contributed by atoms with E-state index >= 15 is 0 Å². The summed E-state index contributed by atoms with van der Waals surface area (Å²) in [5.41, 5.74) is 1.44. The normalized spacial score (nSPS) is 54.0. The largest absolute Gasteiger partial charge is 0.393 e. The number of hydrogen-bond acceptors (Lipinski definition) is 4. The summed E-state index contributed by atoms with van der Waals surface area (Å²) in [6, 6.07) is 0. The average molecular weight is 377 g/mol. The Bertz CT molecular complexity index is 638. The van der Waals surface area contributed by atoms with Crippen LogP contribution in [0.4, 0.5) is 0 Å². The van der Waals surface area contributed by atoms with Crippen molar-refractivity contribution in [2.24, 2.45) is 34.5 Å². The van der Waals surface area contributed by atoms with Crippen molar-refractivity contribution in [3.8, 4) is 0 Å². The Morgan fingerprint density at radius 3 is 2.48 bits per heavy atom. The van der Waals surface area contributed by atoms with Gasteiger partial charge in [-0.15, -0.1) is 0 Å². The van der Waals surface area contributed by atoms with Crippen molar-refractivity contribution < 1.29 is 19.7 Å². The number of hydrogen-bond donors (Lipinski definition) is 2. The van der Waals surface area contributed by atoms with Crippen LogP contribution in [0.1, 0.15) is 65.7 Å². The van der Waals surface area contributed by atoms with Gasteiger partial charge in [-0.3, -0.25) is 0 Å². The van der Waals surface area contributed by atoms with Gasteiger partial charge in [-0.25, -0.2) is 0 Å². The molecule has 0 spiro atoms. The molecule has 4 heteroatoms. The van der Waals surface area contributed by atoms with Crippen LogP contribution in [0.5, 0.6) is 0 Å². The fraction of sp³-hybridized carbons (Fsp3) is 0.913. The van der Waals surface area contributed by atoms with E-state index < -0.39 is 11.9 Å². The molecule has 3 saturated carbocycles. The molecule has 0 aromatic rings.